The van der Waals surface area contributed by atoms with Gasteiger partial charge in [0.1, 0.15) is 17.4 Å². The Morgan fingerprint density at radius 3 is 2.53 bits per heavy atom. The molecule has 1 aliphatic rings. The maximum atomic E-state index is 11.4. The Morgan fingerprint density at radius 1 is 1.60 bits per heavy atom. The van der Waals surface area contributed by atoms with Crippen LogP contribution in [0.5, 0.6) is 0 Å². The van der Waals surface area contributed by atoms with Crippen LogP contribution in [0.25, 0.3) is 0 Å². The summed E-state index contributed by atoms with van der Waals surface area (Å²) in [5.74, 6) is 0.0301. The number of hydrogen-bond donors (Lipinski definition) is 1. The lowest BCUT2D eigenvalue weighted by atomic mass is 10.2. The Morgan fingerprint density at radius 2 is 2.20 bits per heavy atom. The molecule has 0 aromatic heterocycles. The molecule has 4 nitrogen and oxygen atoms in total. The van der Waals surface area contributed by atoms with Crippen LogP contribution in [0.2, 0.25) is 0 Å². The minimum absolute atomic E-state index is 0.0301. The van der Waals surface area contributed by atoms with Gasteiger partial charge in [-0.2, -0.15) is 0 Å². The van der Waals surface area contributed by atoms with Crippen LogP contribution >= 0.6 is 0 Å². The zero-order valence-electron chi connectivity index (χ0n) is 9.37. The second-order valence-electron chi connectivity index (χ2n) is 4.83. The zero-order chi connectivity index (χ0) is 11.7. The van der Waals surface area contributed by atoms with Gasteiger partial charge in [-0.3, -0.25) is 0 Å². The molecular weight excluding hydrogens is 194 g/mol. The van der Waals surface area contributed by atoms with Gasteiger partial charge in [0, 0.05) is 5.92 Å². The third-order valence-electron chi connectivity index (χ3n) is 2.29. The molecule has 0 radical (unpaired) electrons. The van der Waals surface area contributed by atoms with E-state index in [0.29, 0.717) is 6.42 Å². The first-order chi connectivity index (χ1) is 6.83. The molecule has 1 N–H and O–H groups in total. The molecule has 0 aliphatic heterocycles. The van der Waals surface area contributed by atoms with Crippen molar-refractivity contribution in [1.82, 2.24) is 5.32 Å². The van der Waals surface area contributed by atoms with Crippen molar-refractivity contribution in [1.29, 1.82) is 0 Å². The lowest BCUT2D eigenvalue weighted by molar-refractivity contribution is -0.110. The van der Waals surface area contributed by atoms with Gasteiger partial charge in [-0.15, -0.1) is 6.58 Å². The van der Waals surface area contributed by atoms with Gasteiger partial charge >= 0.3 is 6.09 Å². The number of carbonyl (C=O) groups excluding carboxylic acids is 2. The van der Waals surface area contributed by atoms with Gasteiger partial charge in [-0.25, -0.2) is 4.79 Å². The van der Waals surface area contributed by atoms with Gasteiger partial charge in [0.15, 0.2) is 0 Å². The average Bonchev–Trinajstić information content (AvgIpc) is 2.76. The van der Waals surface area contributed by atoms with Crippen LogP contribution in [0, 0.1) is 5.92 Å². The first-order valence-corrected chi connectivity index (χ1v) is 4.93. The molecule has 0 bridgehead atoms. The molecule has 0 heterocycles. The highest BCUT2D eigenvalue weighted by Gasteiger charge is 2.54. The van der Waals surface area contributed by atoms with Crippen LogP contribution in [0.3, 0.4) is 0 Å². The van der Waals surface area contributed by atoms with Crippen molar-refractivity contribution in [3.05, 3.63) is 12.7 Å². The molecule has 1 fully saturated rings. The highest BCUT2D eigenvalue weighted by molar-refractivity contribution is 5.80. The average molecular weight is 211 g/mol. The smallest absolute Gasteiger partial charge is 0.408 e. The van der Waals surface area contributed by atoms with Crippen LogP contribution in [-0.2, 0) is 9.53 Å². The highest BCUT2D eigenvalue weighted by Crippen LogP contribution is 2.42. The van der Waals surface area contributed by atoms with Crippen molar-refractivity contribution < 1.29 is 14.3 Å². The van der Waals surface area contributed by atoms with E-state index >= 15 is 0 Å². The van der Waals surface area contributed by atoms with E-state index in [1.807, 2.05) is 0 Å². The van der Waals surface area contributed by atoms with E-state index in [-0.39, 0.29) is 5.92 Å². The molecule has 84 valence electrons. The quantitative estimate of drug-likeness (QED) is 0.570. The number of amides is 1. The SMILES string of the molecule is C=CC1CC1(C=O)NC(=O)OC(C)(C)C. The summed E-state index contributed by atoms with van der Waals surface area (Å²) < 4.78 is 5.06. The fraction of sp³-hybridized carbons (Fsp3) is 0.636. The van der Waals surface area contributed by atoms with Crippen molar-refractivity contribution >= 4 is 12.4 Å². The third-order valence-corrected chi connectivity index (χ3v) is 2.29. The first-order valence-electron chi connectivity index (χ1n) is 4.93. The first kappa shape index (κ1) is 11.8. The molecule has 0 spiro atoms. The molecule has 0 saturated heterocycles. The van der Waals surface area contributed by atoms with E-state index in [2.05, 4.69) is 11.9 Å². The van der Waals surface area contributed by atoms with Crippen molar-refractivity contribution in [2.75, 3.05) is 0 Å². The number of ether oxygens (including phenoxy) is 1. The third kappa shape index (κ3) is 2.81. The maximum absolute atomic E-state index is 11.4. The number of hydrogen-bond acceptors (Lipinski definition) is 3. The number of nitrogens with one attached hydrogen (secondary N) is 1. The molecule has 0 aromatic rings. The molecule has 1 rings (SSSR count). The summed E-state index contributed by atoms with van der Waals surface area (Å²) >= 11 is 0. The van der Waals surface area contributed by atoms with Crippen molar-refractivity contribution in [3.8, 4) is 0 Å². The molecule has 2 atom stereocenters. The second kappa shape index (κ2) is 3.68. The Hall–Kier alpha value is -1.32. The monoisotopic (exact) mass is 211 g/mol. The summed E-state index contributed by atoms with van der Waals surface area (Å²) in [6, 6.07) is 0. The summed E-state index contributed by atoms with van der Waals surface area (Å²) in [5.41, 5.74) is -1.32. The van der Waals surface area contributed by atoms with E-state index in [1.54, 1.807) is 26.8 Å². The topological polar surface area (TPSA) is 55.4 Å². The Balaban J connectivity index is 2.52. The van der Waals surface area contributed by atoms with Gasteiger partial charge in [0.2, 0.25) is 0 Å². The van der Waals surface area contributed by atoms with E-state index < -0.39 is 17.2 Å². The predicted molar refractivity (Wildman–Crippen MR) is 56.5 cm³/mol. The number of rotatable bonds is 3. The molecule has 1 saturated carbocycles. The normalized spacial score (nSPS) is 29.1. The van der Waals surface area contributed by atoms with Crippen molar-refractivity contribution in [2.45, 2.75) is 38.3 Å². The Kier molecular flexibility index (Phi) is 2.88. The largest absolute Gasteiger partial charge is 0.444 e. The highest BCUT2D eigenvalue weighted by atomic mass is 16.6. The summed E-state index contributed by atoms with van der Waals surface area (Å²) in [7, 11) is 0. The van der Waals surface area contributed by atoms with Crippen LogP contribution in [0.15, 0.2) is 12.7 Å². The predicted octanol–water partition coefficient (Wildman–Crippen LogP) is 1.65. The standard InChI is InChI=1S/C11H17NO3/c1-5-8-6-11(8,7-13)12-9(14)15-10(2,3)4/h5,7-8H,1,6H2,2-4H3,(H,12,14). The maximum Gasteiger partial charge on any atom is 0.408 e. The fourth-order valence-electron chi connectivity index (χ4n) is 1.40. The molecule has 1 amide bonds. The van der Waals surface area contributed by atoms with E-state index in [1.165, 1.54) is 0 Å². The minimum atomic E-state index is -0.774. The summed E-state index contributed by atoms with van der Waals surface area (Å²) in [5, 5.41) is 2.57. The van der Waals surface area contributed by atoms with E-state index in [0.717, 1.165) is 6.29 Å². The molecule has 4 heteroatoms. The summed E-state index contributed by atoms with van der Waals surface area (Å²) in [6.07, 6.45) is 2.48. The number of carbonyl (C=O) groups is 2. The summed E-state index contributed by atoms with van der Waals surface area (Å²) in [6.45, 7) is 8.92. The van der Waals surface area contributed by atoms with Gasteiger partial charge in [-0.1, -0.05) is 6.08 Å². The van der Waals surface area contributed by atoms with E-state index in [9.17, 15) is 9.59 Å². The number of aldehydes is 1. The molecule has 2 unspecified atom stereocenters. The second-order valence-corrected chi connectivity index (χ2v) is 4.83. The Bertz CT molecular complexity index is 293. The summed E-state index contributed by atoms with van der Waals surface area (Å²) in [4.78, 5) is 22.2. The van der Waals surface area contributed by atoms with Crippen LogP contribution in [0.1, 0.15) is 27.2 Å². The van der Waals surface area contributed by atoms with Crippen molar-refractivity contribution in [3.63, 3.8) is 0 Å². The molecule has 0 aromatic carbocycles. The van der Waals surface area contributed by atoms with Crippen LogP contribution in [0.4, 0.5) is 4.79 Å². The minimum Gasteiger partial charge on any atom is -0.444 e. The van der Waals surface area contributed by atoms with Crippen molar-refractivity contribution in [2.24, 2.45) is 5.92 Å². The van der Waals surface area contributed by atoms with Crippen LogP contribution < -0.4 is 5.32 Å². The molecular formula is C11H17NO3. The van der Waals surface area contributed by atoms with Gasteiger partial charge < -0.3 is 14.8 Å². The lowest BCUT2D eigenvalue weighted by Crippen LogP contribution is -2.42. The van der Waals surface area contributed by atoms with Gasteiger partial charge in [0.25, 0.3) is 0 Å². The lowest BCUT2D eigenvalue weighted by Gasteiger charge is -2.21. The van der Waals surface area contributed by atoms with E-state index in [4.69, 9.17) is 4.74 Å². The molecule has 1 aliphatic carbocycles. The Labute approximate surface area is 89.7 Å². The van der Waals surface area contributed by atoms with Gasteiger partial charge in [0.05, 0.1) is 0 Å². The molecule has 15 heavy (non-hydrogen) atoms. The fourth-order valence-corrected chi connectivity index (χ4v) is 1.40. The van der Waals surface area contributed by atoms with Crippen LogP contribution in [-0.4, -0.2) is 23.5 Å². The van der Waals surface area contributed by atoms with Gasteiger partial charge in [-0.05, 0) is 27.2 Å². The zero-order valence-corrected chi connectivity index (χ0v) is 9.37. The number of alkyl carbamates (subject to hydrolysis) is 1.